The van der Waals surface area contributed by atoms with E-state index >= 15 is 0 Å². The zero-order valence-corrected chi connectivity index (χ0v) is 19.5. The number of benzene rings is 2. The summed E-state index contributed by atoms with van der Waals surface area (Å²) in [6.07, 6.45) is 0.860. The third-order valence-electron chi connectivity index (χ3n) is 5.59. The number of nitrogens with zero attached hydrogens (tertiary/aromatic N) is 1. The largest absolute Gasteiger partial charge is 0.344 e. The topological polar surface area (TPSA) is 66.5 Å². The Labute approximate surface area is 195 Å². The molecule has 5 nitrogen and oxygen atoms in total. The highest BCUT2D eigenvalue weighted by Crippen LogP contribution is 2.29. The van der Waals surface area contributed by atoms with Crippen molar-refractivity contribution in [3.8, 4) is 0 Å². The van der Waals surface area contributed by atoms with Gasteiger partial charge < -0.3 is 5.32 Å². The van der Waals surface area contributed by atoms with E-state index in [2.05, 4.69) is 5.32 Å². The van der Waals surface area contributed by atoms with Crippen LogP contribution in [0.25, 0.3) is 0 Å². The number of rotatable bonds is 6. The van der Waals surface area contributed by atoms with Crippen molar-refractivity contribution in [3.63, 3.8) is 0 Å². The maximum Gasteiger partial charge on any atom is 0.243 e. The van der Waals surface area contributed by atoms with Gasteiger partial charge in [-0.2, -0.15) is 4.31 Å². The number of carbonyl (C=O) groups excluding carboxylic acids is 1. The number of piperidine rings is 1. The third-order valence-corrected chi connectivity index (χ3v) is 8.70. The summed E-state index contributed by atoms with van der Waals surface area (Å²) in [6.45, 7) is 0.534. The molecule has 32 heavy (non-hydrogen) atoms. The Bertz CT molecular complexity index is 1160. The van der Waals surface area contributed by atoms with Crippen LogP contribution in [0, 0.1) is 11.7 Å². The fourth-order valence-electron chi connectivity index (χ4n) is 3.80. The summed E-state index contributed by atoms with van der Waals surface area (Å²) in [7, 11) is -3.62. The second kappa shape index (κ2) is 9.70. The number of thiophene rings is 1. The normalized spacial score (nSPS) is 16.6. The van der Waals surface area contributed by atoms with Gasteiger partial charge in [0.05, 0.1) is 10.9 Å². The molecule has 3 aromatic rings. The zero-order valence-electron chi connectivity index (χ0n) is 17.1. The van der Waals surface area contributed by atoms with Crippen molar-refractivity contribution in [1.82, 2.24) is 9.62 Å². The van der Waals surface area contributed by atoms with Crippen LogP contribution >= 0.6 is 22.9 Å². The van der Waals surface area contributed by atoms with E-state index in [1.807, 2.05) is 17.5 Å². The summed E-state index contributed by atoms with van der Waals surface area (Å²) in [6, 6.07) is 15.6. The van der Waals surface area contributed by atoms with Crippen molar-refractivity contribution in [2.45, 2.75) is 23.8 Å². The first-order valence-electron chi connectivity index (χ1n) is 10.2. The second-order valence-corrected chi connectivity index (χ2v) is 11.0. The molecule has 9 heteroatoms. The molecule has 168 valence electrons. The van der Waals surface area contributed by atoms with E-state index in [-0.39, 0.29) is 41.7 Å². The standard InChI is InChI=1S/C23H22ClFN2O3S2/c24-18-5-9-20(10-6-18)32(29,30)27-13-11-17(12-14-27)23(28)26-22(21-2-1-15-31-21)16-3-7-19(25)8-4-16/h1-10,15,17,22H,11-14H2,(H,26,28)/t22-/m1/s1. The minimum Gasteiger partial charge on any atom is -0.344 e. The highest BCUT2D eigenvalue weighted by atomic mass is 35.5. The smallest absolute Gasteiger partial charge is 0.243 e. The van der Waals surface area contributed by atoms with E-state index in [1.165, 1.54) is 39.9 Å². The molecule has 1 fully saturated rings. The molecule has 1 amide bonds. The summed E-state index contributed by atoms with van der Waals surface area (Å²) in [5.41, 5.74) is 0.796. The molecule has 0 radical (unpaired) electrons. The molecule has 0 saturated carbocycles. The third kappa shape index (κ3) is 5.04. The lowest BCUT2D eigenvalue weighted by molar-refractivity contribution is -0.126. The fourth-order valence-corrected chi connectivity index (χ4v) is 6.20. The van der Waals surface area contributed by atoms with Crippen molar-refractivity contribution < 1.29 is 17.6 Å². The molecule has 0 aliphatic carbocycles. The number of hydrogen-bond acceptors (Lipinski definition) is 4. The van der Waals surface area contributed by atoms with E-state index < -0.39 is 10.0 Å². The lowest BCUT2D eigenvalue weighted by Crippen LogP contribution is -2.43. The first-order valence-corrected chi connectivity index (χ1v) is 12.9. The SMILES string of the molecule is O=C(N[C@H](c1ccc(F)cc1)c1cccs1)C1CCN(S(=O)(=O)c2ccc(Cl)cc2)CC1. The van der Waals surface area contributed by atoms with Gasteiger partial charge >= 0.3 is 0 Å². The lowest BCUT2D eigenvalue weighted by atomic mass is 9.96. The molecule has 4 rings (SSSR count). The molecule has 1 aromatic heterocycles. The zero-order chi connectivity index (χ0) is 22.7. The van der Waals surface area contributed by atoms with E-state index in [4.69, 9.17) is 11.6 Å². The molecule has 1 N–H and O–H groups in total. The maximum absolute atomic E-state index is 13.4. The van der Waals surface area contributed by atoms with Crippen molar-refractivity contribution in [3.05, 3.63) is 87.3 Å². The van der Waals surface area contributed by atoms with Gasteiger partial charge in [0, 0.05) is 28.9 Å². The van der Waals surface area contributed by atoms with Crippen molar-refractivity contribution in [2.75, 3.05) is 13.1 Å². The highest BCUT2D eigenvalue weighted by Gasteiger charge is 2.33. The average Bonchev–Trinajstić information content (AvgIpc) is 3.33. The predicted molar refractivity (Wildman–Crippen MR) is 124 cm³/mol. The van der Waals surface area contributed by atoms with Crippen LogP contribution in [-0.4, -0.2) is 31.7 Å². The summed E-state index contributed by atoms with van der Waals surface area (Å²) < 4.78 is 40.5. The van der Waals surface area contributed by atoms with Crippen LogP contribution < -0.4 is 5.32 Å². The molecule has 0 bridgehead atoms. The summed E-state index contributed by atoms with van der Waals surface area (Å²) in [5.74, 6) is -0.759. The number of sulfonamides is 1. The van der Waals surface area contributed by atoms with Crippen LogP contribution in [0.3, 0.4) is 0 Å². The average molecular weight is 493 g/mol. The van der Waals surface area contributed by atoms with Crippen molar-refractivity contribution in [2.24, 2.45) is 5.92 Å². The van der Waals surface area contributed by atoms with Gasteiger partial charge in [0.25, 0.3) is 0 Å². The molecule has 0 unspecified atom stereocenters. The summed E-state index contributed by atoms with van der Waals surface area (Å²) in [4.78, 5) is 14.2. The molecular formula is C23H22ClFN2O3S2. The molecule has 2 heterocycles. The summed E-state index contributed by atoms with van der Waals surface area (Å²) >= 11 is 7.38. The van der Waals surface area contributed by atoms with Gasteiger partial charge in [-0.15, -0.1) is 11.3 Å². The summed E-state index contributed by atoms with van der Waals surface area (Å²) in [5, 5.41) is 5.48. The second-order valence-electron chi connectivity index (χ2n) is 7.64. The van der Waals surface area contributed by atoms with Gasteiger partial charge in [-0.25, -0.2) is 12.8 Å². The Balaban J connectivity index is 1.43. The number of carbonyl (C=O) groups is 1. The number of hydrogen-bond donors (Lipinski definition) is 1. The monoisotopic (exact) mass is 492 g/mol. The maximum atomic E-state index is 13.4. The van der Waals surface area contributed by atoms with Crippen LogP contribution in [-0.2, 0) is 14.8 Å². The molecule has 0 spiro atoms. The Kier molecular flexibility index (Phi) is 6.95. The Morgan fingerprint density at radius 3 is 2.31 bits per heavy atom. The van der Waals surface area contributed by atoms with Gasteiger partial charge in [0.15, 0.2) is 0 Å². The van der Waals surface area contributed by atoms with Gasteiger partial charge in [0.2, 0.25) is 15.9 Å². The van der Waals surface area contributed by atoms with Crippen LogP contribution in [0.4, 0.5) is 4.39 Å². The Hall–Kier alpha value is -2.26. The molecular weight excluding hydrogens is 471 g/mol. The number of halogens is 2. The molecule has 1 atom stereocenters. The highest BCUT2D eigenvalue weighted by molar-refractivity contribution is 7.89. The fraction of sp³-hybridized carbons (Fsp3) is 0.261. The first-order chi connectivity index (χ1) is 15.3. The molecule has 1 aliphatic rings. The van der Waals surface area contributed by atoms with Crippen LogP contribution in [0.15, 0.2) is 70.9 Å². The van der Waals surface area contributed by atoms with Gasteiger partial charge in [-0.05, 0) is 66.2 Å². The number of nitrogens with one attached hydrogen (secondary N) is 1. The molecule has 2 aromatic carbocycles. The van der Waals surface area contributed by atoms with Gasteiger partial charge in [-0.3, -0.25) is 4.79 Å². The van der Waals surface area contributed by atoms with Crippen molar-refractivity contribution in [1.29, 1.82) is 0 Å². The minimum absolute atomic E-state index is 0.128. The lowest BCUT2D eigenvalue weighted by Gasteiger charge is -2.31. The first kappa shape index (κ1) is 22.9. The van der Waals surface area contributed by atoms with Gasteiger partial charge in [0.1, 0.15) is 5.82 Å². The van der Waals surface area contributed by atoms with Crippen LogP contribution in [0.2, 0.25) is 5.02 Å². The quantitative estimate of drug-likeness (QED) is 0.535. The van der Waals surface area contributed by atoms with Crippen LogP contribution in [0.5, 0.6) is 0 Å². The molecule has 1 aliphatic heterocycles. The predicted octanol–water partition coefficient (Wildman–Crippen LogP) is 4.85. The van der Waals surface area contributed by atoms with Crippen LogP contribution in [0.1, 0.15) is 29.3 Å². The Morgan fingerprint density at radius 2 is 1.72 bits per heavy atom. The Morgan fingerprint density at radius 1 is 1.06 bits per heavy atom. The van der Waals surface area contributed by atoms with E-state index in [0.29, 0.717) is 17.9 Å². The van der Waals surface area contributed by atoms with E-state index in [0.717, 1.165) is 10.4 Å². The molecule has 1 saturated heterocycles. The minimum atomic E-state index is -3.62. The van der Waals surface area contributed by atoms with E-state index in [1.54, 1.807) is 24.3 Å². The number of amides is 1. The van der Waals surface area contributed by atoms with Crippen molar-refractivity contribution >= 4 is 38.9 Å². The van der Waals surface area contributed by atoms with E-state index in [9.17, 15) is 17.6 Å². The van der Waals surface area contributed by atoms with Gasteiger partial charge in [-0.1, -0.05) is 29.8 Å².